The lowest BCUT2D eigenvalue weighted by molar-refractivity contribution is 0.555. The van der Waals surface area contributed by atoms with Crippen molar-refractivity contribution >= 4 is 22.5 Å². The van der Waals surface area contributed by atoms with Gasteiger partial charge in [0.05, 0.1) is 11.6 Å². The molecule has 4 heteroatoms. The Kier molecular flexibility index (Phi) is 4.15. The molecule has 3 N–H and O–H groups in total. The van der Waals surface area contributed by atoms with Crippen molar-refractivity contribution in [3.63, 3.8) is 0 Å². The number of nitrogens with one attached hydrogen (secondary N) is 1. The number of halogens is 1. The van der Waals surface area contributed by atoms with Crippen LogP contribution in [0.1, 0.15) is 17.2 Å². The highest BCUT2D eigenvalue weighted by Crippen LogP contribution is 2.25. The highest BCUT2D eigenvalue weighted by Gasteiger charge is 2.13. The number of pyridine rings is 1. The van der Waals surface area contributed by atoms with E-state index >= 15 is 0 Å². The van der Waals surface area contributed by atoms with Crippen LogP contribution in [0.3, 0.4) is 0 Å². The third kappa shape index (κ3) is 3.05. The summed E-state index contributed by atoms with van der Waals surface area (Å²) < 4.78 is 0. The van der Waals surface area contributed by atoms with Gasteiger partial charge in [0.2, 0.25) is 0 Å². The van der Waals surface area contributed by atoms with Crippen LogP contribution >= 0.6 is 11.6 Å². The average molecular weight is 298 g/mol. The van der Waals surface area contributed by atoms with Gasteiger partial charge in [-0.05, 0) is 41.8 Å². The summed E-state index contributed by atoms with van der Waals surface area (Å²) in [6.45, 7) is 0. The number of hydrogen-bond acceptors (Lipinski definition) is 3. The summed E-state index contributed by atoms with van der Waals surface area (Å²) in [5, 5.41) is 1.86. The fourth-order valence-electron chi connectivity index (χ4n) is 2.55. The Morgan fingerprint density at radius 2 is 1.86 bits per heavy atom. The zero-order chi connectivity index (χ0) is 14.7. The molecular weight excluding hydrogens is 282 g/mol. The van der Waals surface area contributed by atoms with Gasteiger partial charge in [-0.25, -0.2) is 0 Å². The van der Waals surface area contributed by atoms with Gasteiger partial charge in [-0.2, -0.15) is 0 Å². The predicted octanol–water partition coefficient (Wildman–Crippen LogP) is 3.64. The van der Waals surface area contributed by atoms with E-state index in [1.807, 2.05) is 42.5 Å². The van der Waals surface area contributed by atoms with E-state index in [0.717, 1.165) is 27.9 Å². The average Bonchev–Trinajstić information content (AvgIpc) is 2.54. The van der Waals surface area contributed by atoms with Crippen LogP contribution in [-0.4, -0.2) is 4.98 Å². The van der Waals surface area contributed by atoms with Gasteiger partial charge in [0, 0.05) is 16.6 Å². The maximum Gasteiger partial charge on any atom is 0.0705 e. The fraction of sp³-hybridized carbons (Fsp3) is 0.118. The minimum atomic E-state index is 0.0269. The molecule has 0 aliphatic carbocycles. The molecule has 0 aliphatic heterocycles. The Morgan fingerprint density at radius 1 is 1.05 bits per heavy atom. The Bertz CT molecular complexity index is 735. The largest absolute Gasteiger partial charge is 0.271 e. The van der Waals surface area contributed by atoms with E-state index in [2.05, 4.69) is 22.5 Å². The van der Waals surface area contributed by atoms with E-state index in [1.54, 1.807) is 6.20 Å². The topological polar surface area (TPSA) is 50.9 Å². The van der Waals surface area contributed by atoms with Gasteiger partial charge >= 0.3 is 0 Å². The van der Waals surface area contributed by atoms with Crippen LogP contribution in [0.4, 0.5) is 0 Å². The quantitative estimate of drug-likeness (QED) is 0.571. The van der Waals surface area contributed by atoms with Gasteiger partial charge < -0.3 is 0 Å². The van der Waals surface area contributed by atoms with E-state index < -0.39 is 0 Å². The van der Waals surface area contributed by atoms with E-state index in [4.69, 9.17) is 17.4 Å². The summed E-state index contributed by atoms with van der Waals surface area (Å²) in [7, 11) is 0. The number of rotatable bonds is 4. The molecule has 1 aromatic heterocycles. The molecule has 0 spiro atoms. The van der Waals surface area contributed by atoms with E-state index in [0.29, 0.717) is 0 Å². The number of hydrazine groups is 1. The van der Waals surface area contributed by atoms with Crippen molar-refractivity contribution in [2.24, 2.45) is 5.84 Å². The first kappa shape index (κ1) is 14.0. The summed E-state index contributed by atoms with van der Waals surface area (Å²) in [6.07, 6.45) is 2.60. The third-order valence-corrected chi connectivity index (χ3v) is 3.86. The number of benzene rings is 2. The summed E-state index contributed by atoms with van der Waals surface area (Å²) in [5.74, 6) is 5.78. The zero-order valence-corrected chi connectivity index (χ0v) is 12.2. The van der Waals surface area contributed by atoms with Crippen molar-refractivity contribution in [1.29, 1.82) is 0 Å². The second-order valence-electron chi connectivity index (χ2n) is 4.97. The lowest BCUT2D eigenvalue weighted by Crippen LogP contribution is -2.29. The molecule has 0 radical (unpaired) electrons. The second-order valence-corrected chi connectivity index (χ2v) is 5.40. The molecular formula is C17H16ClN3. The van der Waals surface area contributed by atoms with Crippen molar-refractivity contribution in [2.75, 3.05) is 0 Å². The molecule has 1 heterocycles. The third-order valence-electron chi connectivity index (χ3n) is 3.61. The highest BCUT2D eigenvalue weighted by molar-refractivity contribution is 6.30. The molecule has 106 valence electrons. The standard InChI is InChI=1S/C17H16ClN3/c18-13-8-6-12(7-9-13)11-17(21-19)15-3-1-5-16-14(15)4-2-10-20-16/h1-10,17,21H,11,19H2. The fourth-order valence-corrected chi connectivity index (χ4v) is 2.67. The zero-order valence-electron chi connectivity index (χ0n) is 11.5. The molecule has 1 atom stereocenters. The molecule has 0 fully saturated rings. The van der Waals surface area contributed by atoms with Crippen molar-refractivity contribution in [2.45, 2.75) is 12.5 Å². The van der Waals surface area contributed by atoms with Crippen molar-refractivity contribution in [1.82, 2.24) is 10.4 Å². The minimum absolute atomic E-state index is 0.0269. The number of fused-ring (bicyclic) bond motifs is 1. The molecule has 0 amide bonds. The van der Waals surface area contributed by atoms with Crippen LogP contribution in [0.15, 0.2) is 60.8 Å². The Hall–Kier alpha value is -1.94. The van der Waals surface area contributed by atoms with Gasteiger partial charge in [-0.15, -0.1) is 0 Å². The van der Waals surface area contributed by atoms with E-state index in [1.165, 1.54) is 5.56 Å². The normalized spacial score (nSPS) is 12.5. The minimum Gasteiger partial charge on any atom is -0.271 e. The predicted molar refractivity (Wildman–Crippen MR) is 87.0 cm³/mol. The van der Waals surface area contributed by atoms with Gasteiger partial charge in [0.15, 0.2) is 0 Å². The van der Waals surface area contributed by atoms with Gasteiger partial charge in [0.25, 0.3) is 0 Å². The summed E-state index contributed by atoms with van der Waals surface area (Å²) in [4.78, 5) is 4.39. The molecule has 0 saturated heterocycles. The van der Waals surface area contributed by atoms with Crippen LogP contribution in [0.25, 0.3) is 10.9 Å². The lowest BCUT2D eigenvalue weighted by atomic mass is 9.96. The van der Waals surface area contributed by atoms with Crippen molar-refractivity contribution < 1.29 is 0 Å². The molecule has 2 aromatic carbocycles. The first-order valence-corrected chi connectivity index (χ1v) is 7.20. The molecule has 3 nitrogen and oxygen atoms in total. The lowest BCUT2D eigenvalue weighted by Gasteiger charge is -2.18. The highest BCUT2D eigenvalue weighted by atomic mass is 35.5. The summed E-state index contributed by atoms with van der Waals surface area (Å²) >= 11 is 5.93. The van der Waals surface area contributed by atoms with E-state index in [-0.39, 0.29) is 6.04 Å². The van der Waals surface area contributed by atoms with Crippen LogP contribution < -0.4 is 11.3 Å². The monoisotopic (exact) mass is 297 g/mol. The molecule has 3 rings (SSSR count). The van der Waals surface area contributed by atoms with Crippen LogP contribution in [0.2, 0.25) is 5.02 Å². The maximum atomic E-state index is 5.93. The van der Waals surface area contributed by atoms with E-state index in [9.17, 15) is 0 Å². The number of aromatic nitrogens is 1. The second kappa shape index (κ2) is 6.22. The van der Waals surface area contributed by atoms with Crippen LogP contribution in [0.5, 0.6) is 0 Å². The summed E-state index contributed by atoms with van der Waals surface area (Å²) in [5.41, 5.74) is 6.23. The van der Waals surface area contributed by atoms with Gasteiger partial charge in [-0.1, -0.05) is 41.9 Å². The number of nitrogens with two attached hydrogens (primary N) is 1. The molecule has 0 bridgehead atoms. The molecule has 21 heavy (non-hydrogen) atoms. The number of nitrogens with zero attached hydrogens (tertiary/aromatic N) is 1. The Labute approximate surface area is 128 Å². The van der Waals surface area contributed by atoms with Crippen molar-refractivity contribution in [3.8, 4) is 0 Å². The molecule has 3 aromatic rings. The van der Waals surface area contributed by atoms with Gasteiger partial charge in [0.1, 0.15) is 0 Å². The molecule has 0 aliphatic rings. The molecule has 0 saturated carbocycles. The van der Waals surface area contributed by atoms with Gasteiger partial charge in [-0.3, -0.25) is 16.3 Å². The SMILES string of the molecule is NNC(Cc1ccc(Cl)cc1)c1cccc2ncccc12. The smallest absolute Gasteiger partial charge is 0.0705 e. The number of hydrogen-bond donors (Lipinski definition) is 2. The molecule has 1 unspecified atom stereocenters. The van der Waals surface area contributed by atoms with Crippen molar-refractivity contribution in [3.05, 3.63) is 76.9 Å². The Balaban J connectivity index is 1.96. The first-order valence-electron chi connectivity index (χ1n) is 6.82. The summed E-state index contributed by atoms with van der Waals surface area (Å²) in [6, 6.07) is 18.0. The maximum absolute atomic E-state index is 5.93. The van der Waals surface area contributed by atoms with Crippen LogP contribution in [-0.2, 0) is 6.42 Å². The van der Waals surface area contributed by atoms with Crippen LogP contribution in [0, 0.1) is 0 Å². The Morgan fingerprint density at radius 3 is 2.62 bits per heavy atom. The first-order chi connectivity index (χ1) is 10.3.